The van der Waals surface area contributed by atoms with Gasteiger partial charge in [-0.15, -0.1) is 25.6 Å². The maximum atomic E-state index is 14.1. The van der Waals surface area contributed by atoms with E-state index < -0.39 is 173 Å². The van der Waals surface area contributed by atoms with Crippen LogP contribution in [0.4, 0.5) is 14.4 Å². The molecule has 0 aromatic carbocycles. The average molecular weight is 2030 g/mol. The van der Waals surface area contributed by atoms with Crippen LogP contribution in [-0.4, -0.2) is 258 Å². The van der Waals surface area contributed by atoms with Crippen molar-refractivity contribution in [1.82, 2.24) is 60.4 Å². The van der Waals surface area contributed by atoms with Gasteiger partial charge >= 0.3 is 37.3 Å². The van der Waals surface area contributed by atoms with Crippen molar-refractivity contribution in [3.05, 3.63) is 136 Å². The number of likely N-dealkylation sites (tertiary alicyclic amines) is 3. The first-order chi connectivity index (χ1) is 62.0. The zero-order valence-corrected chi connectivity index (χ0v) is 82.1. The van der Waals surface area contributed by atoms with E-state index in [1.165, 1.54) is 53.4 Å². The van der Waals surface area contributed by atoms with Gasteiger partial charge < -0.3 is 90.4 Å². The monoisotopic (exact) mass is 2030 g/mol. The van der Waals surface area contributed by atoms with Crippen molar-refractivity contribution < 1.29 is 118 Å². The first kappa shape index (κ1) is 108. The van der Waals surface area contributed by atoms with Crippen LogP contribution in [0.15, 0.2) is 136 Å². The van der Waals surface area contributed by atoms with Crippen molar-refractivity contribution in [3.8, 4) is 39.5 Å². The predicted molar refractivity (Wildman–Crippen MR) is 502 cm³/mol. The Labute approximate surface area is 799 Å². The summed E-state index contributed by atoms with van der Waals surface area (Å²) >= 11 is 7.92. The minimum absolute atomic E-state index is 0. The molecule has 4 saturated carbocycles. The van der Waals surface area contributed by atoms with E-state index in [1.54, 1.807) is 151 Å². The number of halogens is 2. The molecule has 6 aromatic rings. The number of aromatic nitrogens is 3. The molecule has 726 valence electrons. The number of pyridine rings is 3. The molecule has 0 bridgehead atoms. The van der Waals surface area contributed by atoms with Crippen LogP contribution >= 0.6 is 62.3 Å². The summed E-state index contributed by atoms with van der Waals surface area (Å²) in [5, 5.41) is 57.2. The third-order valence-corrected chi connectivity index (χ3v) is 29.0. The molecule has 13 atom stereocenters. The van der Waals surface area contributed by atoms with Crippen molar-refractivity contribution in [1.29, 1.82) is 0 Å². The highest BCUT2D eigenvalue weighted by Crippen LogP contribution is 2.47. The van der Waals surface area contributed by atoms with Gasteiger partial charge in [-0.05, 0) is 169 Å². The van der Waals surface area contributed by atoms with Gasteiger partial charge in [-0.25, -0.2) is 40.8 Å². The Morgan fingerprint density at radius 3 is 1.20 bits per heavy atom. The fourth-order valence-electron chi connectivity index (χ4n) is 14.8. The van der Waals surface area contributed by atoms with Crippen LogP contribution in [-0.2, 0) is 72.6 Å². The molecule has 7 fully saturated rings. The molecule has 46 heteroatoms. The van der Waals surface area contributed by atoms with E-state index in [9.17, 15) is 79.8 Å². The Morgan fingerprint density at radius 2 is 0.895 bits per heavy atom. The second-order valence-electron chi connectivity index (χ2n) is 36.3. The van der Waals surface area contributed by atoms with Gasteiger partial charge in [0.15, 0.2) is 0 Å². The Balaban J connectivity index is 0.000000223. The molecule has 6 aromatic heterocycles. The third-order valence-electron chi connectivity index (χ3n) is 22.9. The zero-order valence-electron chi connectivity index (χ0n) is 75.6. The third kappa shape index (κ3) is 29.6. The van der Waals surface area contributed by atoms with Gasteiger partial charge in [0, 0.05) is 83.4 Å². The minimum atomic E-state index is -3.86. The molecule has 3 saturated heterocycles. The van der Waals surface area contributed by atoms with E-state index in [1.807, 2.05) is 50.5 Å². The smallest absolute Gasteiger partial charge is 0.489 e. The molecule has 0 radical (unpaired) electrons. The van der Waals surface area contributed by atoms with Gasteiger partial charge in [0.2, 0.25) is 43.7 Å². The number of carbonyl (C=O) groups is 11. The number of amides is 9. The molecule has 13 rings (SSSR count). The SMILES string of the molecule is C=CC1C[C@]1(N)C(=O)NS(=O)(=O)C1CC1.C=CC1C[C@]1(NC(=O)[C@@H]1C[C@@H](COc2cncc(-c3ccsc3)c2)CN1C(=O)[C@@H](NC(=O)OC)C(C)(C)C)C(=O)NS(=O)(=O)C1CC1.COC(=O)N[C@H](C(=O)N1C[C@H](COc2cncc(-c3ccsc3)c2)C[C@H]1C(=O)O)C(C)(C)C.COC(=O)N[C@H](C(=O)N1C[C@H](COc2cncc(Br)c2)C[C@H]1C(=O)O)C(C)(C)C.Cl.OB(O)c1ccsc1. The Hall–Kier alpha value is -10.4. The summed E-state index contributed by atoms with van der Waals surface area (Å²) in [7, 11) is -5.03. The fourth-order valence-corrected chi connectivity index (χ4v) is 19.9. The lowest BCUT2D eigenvalue weighted by atomic mass is 9.83. The number of rotatable bonds is 30. The summed E-state index contributed by atoms with van der Waals surface area (Å²) in [4.78, 5) is 155. The molecule has 38 nitrogen and oxygen atoms in total. The molecular formula is C87H116BBrClN13O25S5. The number of thiophene rings is 3. The minimum Gasteiger partial charge on any atom is -0.492 e. The lowest BCUT2D eigenvalue weighted by molar-refractivity contribution is -0.150. The van der Waals surface area contributed by atoms with Crippen LogP contribution < -0.4 is 56.1 Å². The Kier molecular flexibility index (Phi) is 37.5. The number of sulfonamides is 2. The van der Waals surface area contributed by atoms with E-state index in [0.717, 1.165) is 26.7 Å². The normalized spacial score (nSPS) is 22.2. The topological polar surface area (TPSA) is 539 Å². The fraction of sp³-hybridized carbons (Fsp3) is 0.517. The summed E-state index contributed by atoms with van der Waals surface area (Å²) in [6.45, 7) is 24.6. The molecule has 9 heterocycles. The van der Waals surface area contributed by atoms with Crippen molar-refractivity contribution in [2.75, 3.05) is 60.8 Å². The van der Waals surface area contributed by atoms with Crippen molar-refractivity contribution >= 4 is 161 Å². The quantitative estimate of drug-likeness (QED) is 0.0117. The molecule has 133 heavy (non-hydrogen) atoms. The zero-order chi connectivity index (χ0) is 97.3. The van der Waals surface area contributed by atoms with Crippen LogP contribution in [0.25, 0.3) is 22.3 Å². The Bertz CT molecular complexity index is 5330. The largest absolute Gasteiger partial charge is 0.492 e. The summed E-state index contributed by atoms with van der Waals surface area (Å²) in [5.41, 5.74) is 5.58. The summed E-state index contributed by atoms with van der Waals surface area (Å²) in [6.07, 6.45) is 14.3. The number of hydrogen-bond acceptors (Lipinski definition) is 30. The Morgan fingerprint density at radius 1 is 0.534 bits per heavy atom. The van der Waals surface area contributed by atoms with E-state index in [2.05, 4.69) is 79.5 Å². The van der Waals surface area contributed by atoms with E-state index in [-0.39, 0.29) is 101 Å². The van der Waals surface area contributed by atoms with Gasteiger partial charge in [-0.1, -0.05) is 80.5 Å². The summed E-state index contributed by atoms with van der Waals surface area (Å²) in [5.74, 6) is -5.21. The van der Waals surface area contributed by atoms with Gasteiger partial charge in [-0.2, -0.15) is 34.0 Å². The van der Waals surface area contributed by atoms with Gasteiger partial charge in [-0.3, -0.25) is 53.2 Å². The number of nitrogens with two attached hydrogens (primary N) is 1. The number of methoxy groups -OCH3 is 3. The van der Waals surface area contributed by atoms with Crippen molar-refractivity contribution in [2.24, 2.45) is 51.6 Å². The number of nitrogens with one attached hydrogen (secondary N) is 6. The van der Waals surface area contributed by atoms with E-state index in [0.29, 0.717) is 54.8 Å². The first-order valence-corrected chi connectivity index (χ1v) is 48.9. The molecule has 0 spiro atoms. The van der Waals surface area contributed by atoms with E-state index in [4.69, 9.17) is 34.7 Å². The number of carbonyl (C=O) groups excluding carboxylic acids is 9. The highest BCUT2D eigenvalue weighted by atomic mass is 79.9. The summed E-state index contributed by atoms with van der Waals surface area (Å²) in [6, 6.07) is 5.25. The first-order valence-electron chi connectivity index (χ1n) is 42.2. The van der Waals surface area contributed by atoms with Crippen molar-refractivity contribution in [2.45, 2.75) is 178 Å². The average Bonchev–Trinajstić information content (AvgIpc) is 1.57. The molecule has 9 amide bonds. The van der Waals surface area contributed by atoms with Crippen LogP contribution in [0.5, 0.6) is 17.2 Å². The molecule has 3 aliphatic heterocycles. The molecule has 12 N–H and O–H groups in total. The number of carboxylic acids is 2. The number of nitrogens with zero attached hydrogens (tertiary/aromatic N) is 6. The van der Waals surface area contributed by atoms with Crippen LogP contribution in [0, 0.1) is 45.8 Å². The highest BCUT2D eigenvalue weighted by Gasteiger charge is 2.63. The number of aliphatic carboxylic acids is 2. The summed E-state index contributed by atoms with van der Waals surface area (Å²) < 4.78 is 84.8. The van der Waals surface area contributed by atoms with Crippen molar-refractivity contribution in [3.63, 3.8) is 0 Å². The molecular weight excluding hydrogens is 1910 g/mol. The van der Waals surface area contributed by atoms with Gasteiger partial charge in [0.25, 0.3) is 11.8 Å². The molecule has 7 aliphatic rings. The lowest BCUT2D eigenvalue weighted by Crippen LogP contribution is -2.60. The molecule has 2 unspecified atom stereocenters. The number of ether oxygens (including phenoxy) is 6. The van der Waals surface area contributed by atoms with E-state index >= 15 is 0 Å². The maximum absolute atomic E-state index is 14.1. The number of carboxylic acid groups (broad SMARTS) is 2. The van der Waals surface area contributed by atoms with Crippen LogP contribution in [0.2, 0.25) is 0 Å². The number of alkyl carbamates (subject to hydrolysis) is 3. The maximum Gasteiger partial charge on any atom is 0.489 e. The van der Waals surface area contributed by atoms with Gasteiger partial charge in [0.1, 0.15) is 64.6 Å². The second kappa shape index (κ2) is 46.2. The second-order valence-corrected chi connectivity index (χ2v) is 43.5. The highest BCUT2D eigenvalue weighted by molar-refractivity contribution is 9.10. The predicted octanol–water partition coefficient (Wildman–Crippen LogP) is 7.75. The lowest BCUT2D eigenvalue weighted by Gasteiger charge is -2.35. The standard InChI is InChI=1S/C32H41N5O8S2.C23H29N3O6S.C19H26BrN3O6.C9H14N2O3S.C4H5BO2S.ClH/c1-6-22-13-32(22,29(40)36-47(42,43)24-7-8-24)35-27(38)25-11-19(16-37(25)28(39)26(31(2,3)4)34-30(41)44-5)17-45-23-12-21(14-33-15-23)20-9-10-46-18-20;1-23(2,3)19(25-22(30)31-4)20(27)26-11-14(7-18(26)21(28)29)12-32-17-8-16(9-24-10-17)15-5-6-33-13-15;1-19(2,3)15(22-18(27)28-4)16(24)23-9-11(5-14(23)17(25)26)10-29-13-6-12(20)7-21-8-13;1-2-6-5-9(6,10)8(12)11-15(13,14)7-3-4-7;6-5(7)4-1-2-8-3-4;/h6,9-10,12,14-15,18-19,22,24-26H,1,7-8,11,13,16-17H2,2-5H3,(H,34,41)(H,35,38)(H,36,40);5-6,8-10,13-14,18-19H,7,11-12H2,1-4H3,(H,25,30)(H,28,29);6-8,11,14-15H,5,9-10H2,1-4H3,(H,22,27)(H,25,26);2,6-7H,1,3-5,10H2,(H,11,12);1-3,6-7H;1H/t19-,22?,25+,26-,32-;14-,18+,19-;11-,14+,15-;6?,9-;;/m1111../s1. The number of hydrogen-bond donors (Lipinski definition) is 11. The van der Waals surface area contributed by atoms with Gasteiger partial charge in [0.05, 0.1) is 70.2 Å². The molecule has 4 aliphatic carbocycles. The van der Waals surface area contributed by atoms with Crippen LogP contribution in [0.1, 0.15) is 120 Å². The van der Waals surface area contributed by atoms with Crippen LogP contribution in [0.3, 0.4) is 0 Å².